The Hall–Kier alpha value is -3.00. The molecule has 1 aromatic heterocycles. The molecule has 0 fully saturated rings. The molecule has 0 atom stereocenters. The van der Waals surface area contributed by atoms with Gasteiger partial charge in [-0.25, -0.2) is 4.98 Å². The summed E-state index contributed by atoms with van der Waals surface area (Å²) in [5, 5.41) is 7.22. The standard InChI is InChI=1S/C24H20ClN3O2S2/c1-3-30-20-11-7-16(13-18(20)25)22(29)28-24(31)26-17-8-5-15(6-9-17)23-27-19-10-4-14(2)12-21(19)32-23/h4-13H,3H2,1-2H3,(H2,26,28,29,31). The smallest absolute Gasteiger partial charge is 0.257 e. The average Bonchev–Trinajstić information content (AvgIpc) is 3.19. The van der Waals surface area contributed by atoms with Crippen LogP contribution in [0.1, 0.15) is 22.8 Å². The van der Waals surface area contributed by atoms with E-state index < -0.39 is 0 Å². The average molecular weight is 482 g/mol. The summed E-state index contributed by atoms with van der Waals surface area (Å²) in [6, 6.07) is 18.9. The molecule has 0 spiro atoms. The van der Waals surface area contributed by atoms with Gasteiger partial charge in [0.05, 0.1) is 21.8 Å². The van der Waals surface area contributed by atoms with Gasteiger partial charge in [-0.1, -0.05) is 17.7 Å². The van der Waals surface area contributed by atoms with Crippen LogP contribution in [0, 0.1) is 6.92 Å². The Morgan fingerprint density at radius 3 is 2.62 bits per heavy atom. The number of ether oxygens (including phenoxy) is 1. The van der Waals surface area contributed by atoms with E-state index in [4.69, 9.17) is 33.5 Å². The molecule has 1 amide bonds. The molecule has 0 unspecified atom stereocenters. The minimum atomic E-state index is -0.353. The van der Waals surface area contributed by atoms with Gasteiger partial charge in [-0.2, -0.15) is 0 Å². The molecule has 2 N–H and O–H groups in total. The number of halogens is 1. The van der Waals surface area contributed by atoms with Gasteiger partial charge < -0.3 is 10.1 Å². The molecule has 0 saturated carbocycles. The van der Waals surface area contributed by atoms with Gasteiger partial charge >= 0.3 is 0 Å². The third-order valence-electron chi connectivity index (χ3n) is 4.65. The zero-order valence-corrected chi connectivity index (χ0v) is 19.8. The van der Waals surface area contributed by atoms with E-state index in [1.807, 2.05) is 37.3 Å². The lowest BCUT2D eigenvalue weighted by Gasteiger charge is -2.11. The predicted octanol–water partition coefficient (Wildman–Crippen LogP) is 6.45. The van der Waals surface area contributed by atoms with Gasteiger partial charge in [-0.3, -0.25) is 10.1 Å². The molecule has 0 radical (unpaired) electrons. The quantitative estimate of drug-likeness (QED) is 0.321. The van der Waals surface area contributed by atoms with Crippen LogP contribution in [0.3, 0.4) is 0 Å². The van der Waals surface area contributed by atoms with Gasteiger partial charge in [0.1, 0.15) is 10.8 Å². The maximum atomic E-state index is 12.5. The first kappa shape index (κ1) is 22.2. The normalized spacial score (nSPS) is 10.7. The maximum Gasteiger partial charge on any atom is 0.257 e. The van der Waals surface area contributed by atoms with Gasteiger partial charge in [0, 0.05) is 16.8 Å². The van der Waals surface area contributed by atoms with Crippen molar-refractivity contribution in [2.75, 3.05) is 11.9 Å². The van der Waals surface area contributed by atoms with E-state index in [1.54, 1.807) is 29.5 Å². The highest BCUT2D eigenvalue weighted by molar-refractivity contribution is 7.80. The predicted molar refractivity (Wildman–Crippen MR) is 136 cm³/mol. The Morgan fingerprint density at radius 1 is 1.12 bits per heavy atom. The van der Waals surface area contributed by atoms with E-state index in [0.717, 1.165) is 21.8 Å². The molecule has 32 heavy (non-hydrogen) atoms. The summed E-state index contributed by atoms with van der Waals surface area (Å²) in [6.45, 7) is 4.44. The lowest BCUT2D eigenvalue weighted by atomic mass is 10.2. The summed E-state index contributed by atoms with van der Waals surface area (Å²) >= 11 is 13.1. The van der Waals surface area contributed by atoms with Crippen LogP contribution in [0.5, 0.6) is 5.75 Å². The SMILES string of the molecule is CCOc1ccc(C(=O)NC(=S)Nc2ccc(-c3nc4ccc(C)cc4s3)cc2)cc1Cl. The second kappa shape index (κ2) is 9.65. The number of hydrogen-bond donors (Lipinski definition) is 2. The van der Waals surface area contributed by atoms with Crippen LogP contribution < -0.4 is 15.4 Å². The van der Waals surface area contributed by atoms with Crippen LogP contribution in [0.2, 0.25) is 5.02 Å². The number of aromatic nitrogens is 1. The highest BCUT2D eigenvalue weighted by Gasteiger charge is 2.12. The molecular weight excluding hydrogens is 462 g/mol. The minimum absolute atomic E-state index is 0.197. The Balaban J connectivity index is 1.40. The molecule has 5 nitrogen and oxygen atoms in total. The van der Waals surface area contributed by atoms with Crippen molar-refractivity contribution in [1.82, 2.24) is 10.3 Å². The number of nitrogens with one attached hydrogen (secondary N) is 2. The third-order valence-corrected chi connectivity index (χ3v) is 6.22. The molecule has 162 valence electrons. The van der Waals surface area contributed by atoms with E-state index >= 15 is 0 Å². The molecule has 3 aromatic carbocycles. The number of hydrogen-bond acceptors (Lipinski definition) is 5. The van der Waals surface area contributed by atoms with E-state index in [1.165, 1.54) is 10.3 Å². The number of fused-ring (bicyclic) bond motifs is 1. The summed E-state index contributed by atoms with van der Waals surface area (Å²) in [7, 11) is 0. The van der Waals surface area contributed by atoms with Crippen molar-refractivity contribution >= 4 is 62.1 Å². The van der Waals surface area contributed by atoms with Crippen LogP contribution in [-0.4, -0.2) is 22.6 Å². The molecule has 0 aliphatic heterocycles. The van der Waals surface area contributed by atoms with Crippen molar-refractivity contribution in [2.45, 2.75) is 13.8 Å². The van der Waals surface area contributed by atoms with Gasteiger partial charge in [0.25, 0.3) is 5.91 Å². The van der Waals surface area contributed by atoms with Crippen LogP contribution in [-0.2, 0) is 0 Å². The molecule has 1 heterocycles. The fraction of sp³-hybridized carbons (Fsp3) is 0.125. The molecule has 0 aliphatic carbocycles. The number of carbonyl (C=O) groups excluding carboxylic acids is 1. The first-order valence-corrected chi connectivity index (χ1v) is 11.6. The fourth-order valence-corrected chi connectivity index (χ4v) is 4.62. The number of aryl methyl sites for hydroxylation is 1. The van der Waals surface area contributed by atoms with Gasteiger partial charge in [-0.05, 0) is 86.2 Å². The van der Waals surface area contributed by atoms with Crippen molar-refractivity contribution < 1.29 is 9.53 Å². The lowest BCUT2D eigenvalue weighted by Crippen LogP contribution is -2.34. The van der Waals surface area contributed by atoms with E-state index in [9.17, 15) is 4.79 Å². The number of benzene rings is 3. The van der Waals surface area contributed by atoms with Crippen LogP contribution in [0.15, 0.2) is 60.7 Å². The molecule has 0 bridgehead atoms. The van der Waals surface area contributed by atoms with Crippen molar-refractivity contribution in [3.05, 3.63) is 76.8 Å². The monoisotopic (exact) mass is 481 g/mol. The summed E-state index contributed by atoms with van der Waals surface area (Å²) in [5.41, 5.74) is 4.39. The van der Waals surface area contributed by atoms with Crippen molar-refractivity contribution in [1.29, 1.82) is 0 Å². The van der Waals surface area contributed by atoms with E-state index in [0.29, 0.717) is 22.9 Å². The minimum Gasteiger partial charge on any atom is -0.492 e. The number of rotatable bonds is 5. The number of anilines is 1. The van der Waals surface area contributed by atoms with Crippen LogP contribution in [0.25, 0.3) is 20.8 Å². The Bertz CT molecular complexity index is 1300. The molecule has 4 rings (SSSR count). The molecule has 0 aliphatic rings. The number of thiazole rings is 1. The number of thiocarbonyl (C=S) groups is 1. The fourth-order valence-electron chi connectivity index (χ4n) is 3.10. The second-order valence-electron chi connectivity index (χ2n) is 7.05. The first-order valence-electron chi connectivity index (χ1n) is 9.95. The second-order valence-corrected chi connectivity index (χ2v) is 8.90. The Labute approximate surface area is 200 Å². The van der Waals surface area contributed by atoms with E-state index in [2.05, 4.69) is 29.7 Å². The Kier molecular flexibility index (Phi) is 6.69. The topological polar surface area (TPSA) is 63.2 Å². The molecular formula is C24H20ClN3O2S2. The van der Waals surface area contributed by atoms with Crippen molar-refractivity contribution in [3.8, 4) is 16.3 Å². The van der Waals surface area contributed by atoms with Crippen LogP contribution in [0.4, 0.5) is 5.69 Å². The molecule has 4 aromatic rings. The van der Waals surface area contributed by atoms with Crippen molar-refractivity contribution in [3.63, 3.8) is 0 Å². The summed E-state index contributed by atoms with van der Waals surface area (Å²) in [4.78, 5) is 17.2. The molecule has 0 saturated heterocycles. The maximum absolute atomic E-state index is 12.5. The first-order chi connectivity index (χ1) is 15.4. The molecule has 8 heteroatoms. The summed E-state index contributed by atoms with van der Waals surface area (Å²) in [6.07, 6.45) is 0. The zero-order valence-electron chi connectivity index (χ0n) is 17.4. The number of carbonyl (C=O) groups is 1. The highest BCUT2D eigenvalue weighted by Crippen LogP contribution is 2.31. The van der Waals surface area contributed by atoms with Gasteiger partial charge in [-0.15, -0.1) is 11.3 Å². The van der Waals surface area contributed by atoms with Crippen molar-refractivity contribution in [2.24, 2.45) is 0 Å². The zero-order chi connectivity index (χ0) is 22.7. The van der Waals surface area contributed by atoms with Crippen LogP contribution >= 0.6 is 35.2 Å². The summed E-state index contributed by atoms with van der Waals surface area (Å²) in [5.74, 6) is 0.184. The van der Waals surface area contributed by atoms with E-state index in [-0.39, 0.29) is 11.0 Å². The number of amides is 1. The lowest BCUT2D eigenvalue weighted by molar-refractivity contribution is 0.0977. The number of nitrogens with zero attached hydrogens (tertiary/aromatic N) is 1. The van der Waals surface area contributed by atoms with Gasteiger partial charge in [0.15, 0.2) is 5.11 Å². The highest BCUT2D eigenvalue weighted by atomic mass is 35.5. The largest absolute Gasteiger partial charge is 0.492 e. The Morgan fingerprint density at radius 2 is 1.91 bits per heavy atom. The van der Waals surface area contributed by atoms with Gasteiger partial charge in [0.2, 0.25) is 0 Å². The third kappa shape index (κ3) is 5.07. The summed E-state index contributed by atoms with van der Waals surface area (Å²) < 4.78 is 6.56.